The number of hydrogen-bond donors (Lipinski definition) is 1. The van der Waals surface area contributed by atoms with Crippen LogP contribution in [0.4, 0.5) is 18.9 Å². The summed E-state index contributed by atoms with van der Waals surface area (Å²) in [6.45, 7) is 5.02. The quantitative estimate of drug-likeness (QED) is 0.830. The number of hydrogen-bond acceptors (Lipinski definition) is 2. The zero-order valence-corrected chi connectivity index (χ0v) is 11.8. The Hall–Kier alpha value is -1.39. The molecule has 2 unspecified atom stereocenters. The van der Waals surface area contributed by atoms with Crippen molar-refractivity contribution < 1.29 is 17.9 Å². The first-order chi connectivity index (χ1) is 9.40. The second kappa shape index (κ2) is 5.94. The highest BCUT2D eigenvalue weighted by atomic mass is 19.4. The third-order valence-corrected chi connectivity index (χ3v) is 3.72. The van der Waals surface area contributed by atoms with Crippen LogP contribution in [0, 0.1) is 5.92 Å². The van der Waals surface area contributed by atoms with Gasteiger partial charge in [-0.05, 0) is 24.0 Å². The van der Waals surface area contributed by atoms with Crippen LogP contribution in [0.3, 0.4) is 0 Å². The minimum absolute atomic E-state index is 0.124. The fourth-order valence-corrected chi connectivity index (χ4v) is 2.93. The van der Waals surface area contributed by atoms with Crippen LogP contribution in [0.25, 0.3) is 0 Å². The lowest BCUT2D eigenvalue weighted by Gasteiger charge is -2.16. The summed E-state index contributed by atoms with van der Waals surface area (Å²) in [5, 5.41) is 3.06. The van der Waals surface area contributed by atoms with E-state index in [-0.39, 0.29) is 11.7 Å². The van der Waals surface area contributed by atoms with E-state index < -0.39 is 6.36 Å². The molecular formula is C15H20F3NO. The van der Waals surface area contributed by atoms with Gasteiger partial charge in [0.1, 0.15) is 0 Å². The maximum Gasteiger partial charge on any atom is 0.573 e. The number of ether oxygens (including phenoxy) is 1. The molecular weight excluding hydrogens is 267 g/mol. The number of halogens is 3. The molecule has 112 valence electrons. The summed E-state index contributed by atoms with van der Waals surface area (Å²) in [4.78, 5) is 0. The number of fused-ring (bicyclic) bond motifs is 1. The molecule has 0 saturated carbocycles. The van der Waals surface area contributed by atoms with Crippen molar-refractivity contribution in [3.63, 3.8) is 0 Å². The number of nitrogens with one attached hydrogen (secondary N) is 1. The Morgan fingerprint density at radius 1 is 1.40 bits per heavy atom. The molecule has 20 heavy (non-hydrogen) atoms. The van der Waals surface area contributed by atoms with E-state index in [0.717, 1.165) is 24.8 Å². The van der Waals surface area contributed by atoms with Crippen LogP contribution in [-0.2, 0) is 0 Å². The Morgan fingerprint density at radius 3 is 2.80 bits per heavy atom. The first kappa shape index (κ1) is 15.0. The zero-order valence-electron chi connectivity index (χ0n) is 11.8. The summed E-state index contributed by atoms with van der Waals surface area (Å²) in [7, 11) is 0. The van der Waals surface area contributed by atoms with Gasteiger partial charge in [-0.1, -0.05) is 38.8 Å². The van der Waals surface area contributed by atoms with Gasteiger partial charge in [0.15, 0.2) is 5.75 Å². The number of benzene rings is 1. The average Bonchev–Trinajstić information content (AvgIpc) is 2.72. The maximum absolute atomic E-state index is 12.4. The van der Waals surface area contributed by atoms with Crippen LogP contribution >= 0.6 is 0 Å². The summed E-state index contributed by atoms with van der Waals surface area (Å²) in [5.41, 5.74) is 1.44. The molecule has 2 nitrogen and oxygen atoms in total. The molecule has 1 heterocycles. The lowest BCUT2D eigenvalue weighted by molar-refractivity contribution is -0.274. The van der Waals surface area contributed by atoms with E-state index in [9.17, 15) is 13.2 Å². The lowest BCUT2D eigenvalue weighted by Crippen LogP contribution is -2.17. The predicted octanol–water partition coefficient (Wildman–Crippen LogP) is 4.92. The third-order valence-electron chi connectivity index (χ3n) is 3.72. The smallest absolute Gasteiger partial charge is 0.404 e. The fraction of sp³-hybridized carbons (Fsp3) is 0.600. The van der Waals surface area contributed by atoms with Gasteiger partial charge in [0.25, 0.3) is 0 Å². The van der Waals surface area contributed by atoms with E-state index in [4.69, 9.17) is 0 Å². The van der Waals surface area contributed by atoms with Crippen molar-refractivity contribution in [2.45, 2.75) is 45.4 Å². The molecule has 1 aromatic carbocycles. The van der Waals surface area contributed by atoms with Gasteiger partial charge in [0.2, 0.25) is 0 Å². The van der Waals surface area contributed by atoms with E-state index in [1.807, 2.05) is 6.07 Å². The van der Waals surface area contributed by atoms with Crippen molar-refractivity contribution in [2.75, 3.05) is 11.9 Å². The molecule has 5 heteroatoms. The summed E-state index contributed by atoms with van der Waals surface area (Å²) < 4.78 is 41.2. The third kappa shape index (κ3) is 3.58. The SMILES string of the molecule is CCCC(C)CC1CNc2c(OC(F)(F)F)cccc21. The first-order valence-electron chi connectivity index (χ1n) is 7.03. The summed E-state index contributed by atoms with van der Waals surface area (Å²) in [6.07, 6.45) is -1.39. The molecule has 0 fully saturated rings. The first-order valence-corrected chi connectivity index (χ1v) is 7.03. The number of rotatable bonds is 5. The highest BCUT2D eigenvalue weighted by Crippen LogP contribution is 2.42. The summed E-state index contributed by atoms with van der Waals surface area (Å²) in [5.74, 6) is 0.717. The Balaban J connectivity index is 2.14. The molecule has 1 aliphatic rings. The number of para-hydroxylation sites is 1. The predicted molar refractivity (Wildman–Crippen MR) is 73.0 cm³/mol. The van der Waals surface area contributed by atoms with Crippen molar-refractivity contribution in [1.29, 1.82) is 0 Å². The molecule has 0 bridgehead atoms. The molecule has 0 saturated heterocycles. The minimum atomic E-state index is -4.65. The molecule has 0 amide bonds. The average molecular weight is 287 g/mol. The van der Waals surface area contributed by atoms with E-state index in [2.05, 4.69) is 23.9 Å². The van der Waals surface area contributed by atoms with Gasteiger partial charge in [0, 0.05) is 12.5 Å². The van der Waals surface area contributed by atoms with Crippen LogP contribution in [0.15, 0.2) is 18.2 Å². The Bertz CT molecular complexity index is 459. The van der Waals surface area contributed by atoms with Crippen molar-refractivity contribution in [2.24, 2.45) is 5.92 Å². The summed E-state index contributed by atoms with van der Waals surface area (Å²) in [6, 6.07) is 4.88. The van der Waals surface area contributed by atoms with Crippen LogP contribution in [-0.4, -0.2) is 12.9 Å². The van der Waals surface area contributed by atoms with Crippen molar-refractivity contribution >= 4 is 5.69 Å². The fourth-order valence-electron chi connectivity index (χ4n) is 2.93. The van der Waals surface area contributed by atoms with Crippen LogP contribution < -0.4 is 10.1 Å². The van der Waals surface area contributed by atoms with E-state index in [1.54, 1.807) is 6.07 Å². The van der Waals surface area contributed by atoms with Gasteiger partial charge in [-0.3, -0.25) is 0 Å². The van der Waals surface area contributed by atoms with Crippen LogP contribution in [0.5, 0.6) is 5.75 Å². The minimum Gasteiger partial charge on any atom is -0.404 e. The highest BCUT2D eigenvalue weighted by molar-refractivity contribution is 5.66. The Kier molecular flexibility index (Phi) is 4.45. The second-order valence-corrected chi connectivity index (χ2v) is 5.48. The van der Waals surface area contributed by atoms with Gasteiger partial charge >= 0.3 is 6.36 Å². The molecule has 0 aromatic heterocycles. The van der Waals surface area contributed by atoms with Crippen molar-refractivity contribution in [1.82, 2.24) is 0 Å². The molecule has 1 N–H and O–H groups in total. The van der Waals surface area contributed by atoms with E-state index in [0.29, 0.717) is 18.2 Å². The van der Waals surface area contributed by atoms with Gasteiger partial charge in [-0.2, -0.15) is 0 Å². The second-order valence-electron chi connectivity index (χ2n) is 5.48. The van der Waals surface area contributed by atoms with Crippen LogP contribution in [0.1, 0.15) is 44.6 Å². The monoisotopic (exact) mass is 287 g/mol. The molecule has 0 radical (unpaired) electrons. The molecule has 1 aliphatic heterocycles. The zero-order chi connectivity index (χ0) is 14.8. The Morgan fingerprint density at radius 2 is 2.15 bits per heavy atom. The molecule has 2 rings (SSSR count). The molecule has 1 aromatic rings. The number of alkyl halides is 3. The van der Waals surface area contributed by atoms with Gasteiger partial charge < -0.3 is 10.1 Å². The number of anilines is 1. The largest absolute Gasteiger partial charge is 0.573 e. The Labute approximate surface area is 117 Å². The summed E-state index contributed by atoms with van der Waals surface area (Å²) >= 11 is 0. The van der Waals surface area contributed by atoms with Crippen molar-refractivity contribution in [3.8, 4) is 5.75 Å². The van der Waals surface area contributed by atoms with Crippen LogP contribution in [0.2, 0.25) is 0 Å². The normalized spacial score (nSPS) is 19.4. The lowest BCUT2D eigenvalue weighted by atomic mass is 9.89. The molecule has 2 atom stereocenters. The van der Waals surface area contributed by atoms with Crippen molar-refractivity contribution in [3.05, 3.63) is 23.8 Å². The molecule has 0 spiro atoms. The van der Waals surface area contributed by atoms with Gasteiger partial charge in [0.05, 0.1) is 5.69 Å². The van der Waals surface area contributed by atoms with E-state index >= 15 is 0 Å². The van der Waals surface area contributed by atoms with E-state index in [1.165, 1.54) is 6.07 Å². The van der Waals surface area contributed by atoms with Gasteiger partial charge in [-0.15, -0.1) is 13.2 Å². The maximum atomic E-state index is 12.4. The standard InChI is InChI=1S/C15H20F3NO/c1-3-5-10(2)8-11-9-19-14-12(11)6-4-7-13(14)20-15(16,17)18/h4,6-7,10-11,19H,3,5,8-9H2,1-2H3. The highest BCUT2D eigenvalue weighted by Gasteiger charge is 2.34. The topological polar surface area (TPSA) is 21.3 Å². The molecule has 0 aliphatic carbocycles. The van der Waals surface area contributed by atoms with Gasteiger partial charge in [-0.25, -0.2) is 0 Å².